The first-order valence-corrected chi connectivity index (χ1v) is 11.9. The van der Waals surface area contributed by atoms with E-state index in [2.05, 4.69) is 0 Å². The summed E-state index contributed by atoms with van der Waals surface area (Å²) < 4.78 is 20.2. The summed E-state index contributed by atoms with van der Waals surface area (Å²) in [6.07, 6.45) is 0. The lowest BCUT2D eigenvalue weighted by atomic mass is 9.93. The molecule has 0 aliphatic carbocycles. The summed E-state index contributed by atoms with van der Waals surface area (Å²) in [5.74, 6) is -3.63. The van der Waals surface area contributed by atoms with Crippen LogP contribution in [0.15, 0.2) is 71.1 Å². The fourth-order valence-corrected chi connectivity index (χ4v) is 5.16. The number of methoxy groups -OCH3 is 4. The van der Waals surface area contributed by atoms with E-state index in [-0.39, 0.29) is 32.6 Å². The van der Waals surface area contributed by atoms with Crippen molar-refractivity contribution in [2.75, 3.05) is 28.4 Å². The molecule has 0 amide bonds. The highest BCUT2D eigenvalue weighted by molar-refractivity contribution is 6.32. The highest BCUT2D eigenvalue weighted by Gasteiger charge is 2.59. The van der Waals surface area contributed by atoms with Crippen LogP contribution in [0, 0.1) is 0 Å². The molecule has 2 heterocycles. The minimum Gasteiger partial charge on any atom is -0.466 e. The van der Waals surface area contributed by atoms with Crippen molar-refractivity contribution in [3.8, 4) is 0 Å². The molecule has 0 spiro atoms. The number of hydrogen-bond donors (Lipinski definition) is 0. The maximum absolute atomic E-state index is 13.3. The molecule has 0 N–H and O–H groups in total. The lowest BCUT2D eigenvalue weighted by Gasteiger charge is -2.35. The molecule has 0 bridgehead atoms. The first kappa shape index (κ1) is 27.0. The molecule has 38 heavy (non-hydrogen) atoms. The van der Waals surface area contributed by atoms with Crippen molar-refractivity contribution in [3.63, 3.8) is 0 Å². The summed E-state index contributed by atoms with van der Waals surface area (Å²) >= 11 is 13.1. The van der Waals surface area contributed by atoms with Gasteiger partial charge in [0.1, 0.15) is 12.1 Å². The second-order valence-corrected chi connectivity index (χ2v) is 8.84. The number of fused-ring (bicyclic) bond motifs is 1. The average Bonchev–Trinajstić information content (AvgIpc) is 3.44. The molecule has 0 saturated carbocycles. The normalized spacial score (nSPS) is 18.4. The van der Waals surface area contributed by atoms with Gasteiger partial charge in [-0.15, -0.1) is 0 Å². The topological polar surface area (TPSA) is 112 Å². The van der Waals surface area contributed by atoms with Crippen molar-refractivity contribution in [2.45, 2.75) is 12.1 Å². The van der Waals surface area contributed by atoms with E-state index in [0.29, 0.717) is 11.1 Å². The first-order valence-electron chi connectivity index (χ1n) is 11.1. The summed E-state index contributed by atoms with van der Waals surface area (Å²) in [4.78, 5) is 53.2. The zero-order valence-corrected chi connectivity index (χ0v) is 22.2. The standard InChI is InChI=1S/C26H22Cl2N2O8/c1-35-23(31)17-19(13-9-5-7-11-15(13)27)29-22(26(34)38-4)18(24(32)36-2)20(14-10-6-8-12-16(14)28)30(29)21(17)25(33)37-3/h5-12,19-20H,1-4H3. The third-order valence-corrected chi connectivity index (χ3v) is 6.89. The molecule has 10 nitrogen and oxygen atoms in total. The number of carbonyl (C=O) groups is 4. The van der Waals surface area contributed by atoms with Crippen LogP contribution >= 0.6 is 23.2 Å². The van der Waals surface area contributed by atoms with Crippen LogP contribution in [0.2, 0.25) is 10.0 Å². The number of hydrazine groups is 1. The Kier molecular flexibility index (Phi) is 7.66. The SMILES string of the molecule is COC(=O)C1=C(C(=O)OC)N2C(c3ccccc3Cl)C(C(=O)OC)=C(C(=O)OC)N2C1c1ccccc1Cl. The molecule has 4 rings (SSSR count). The van der Waals surface area contributed by atoms with Crippen LogP contribution in [-0.4, -0.2) is 62.3 Å². The van der Waals surface area contributed by atoms with Gasteiger partial charge in [0.05, 0.1) is 39.6 Å². The van der Waals surface area contributed by atoms with Gasteiger partial charge in [-0.2, -0.15) is 0 Å². The van der Waals surface area contributed by atoms with Gasteiger partial charge in [0.15, 0.2) is 11.4 Å². The molecular formula is C26H22Cl2N2O8. The van der Waals surface area contributed by atoms with Gasteiger partial charge in [0, 0.05) is 10.0 Å². The minimum atomic E-state index is -1.20. The number of halogens is 2. The first-order chi connectivity index (χ1) is 18.2. The zero-order valence-electron chi connectivity index (χ0n) is 20.7. The summed E-state index contributed by atoms with van der Waals surface area (Å²) in [5, 5.41) is 3.03. The lowest BCUT2D eigenvalue weighted by Crippen LogP contribution is -2.39. The quantitative estimate of drug-likeness (QED) is 0.384. The molecule has 2 atom stereocenters. The van der Waals surface area contributed by atoms with E-state index >= 15 is 0 Å². The van der Waals surface area contributed by atoms with Crippen molar-refractivity contribution in [1.29, 1.82) is 0 Å². The van der Waals surface area contributed by atoms with E-state index in [9.17, 15) is 19.2 Å². The summed E-state index contributed by atoms with van der Waals surface area (Å²) in [5.41, 5.74) is -0.235. The lowest BCUT2D eigenvalue weighted by molar-refractivity contribution is -0.144. The van der Waals surface area contributed by atoms with Crippen LogP contribution in [0.4, 0.5) is 0 Å². The second-order valence-electron chi connectivity index (χ2n) is 8.03. The number of ether oxygens (including phenoxy) is 4. The molecule has 2 unspecified atom stereocenters. The van der Waals surface area contributed by atoms with Crippen molar-refractivity contribution >= 4 is 47.1 Å². The monoisotopic (exact) mass is 560 g/mol. The van der Waals surface area contributed by atoms with Crippen LogP contribution in [0.5, 0.6) is 0 Å². The van der Waals surface area contributed by atoms with Crippen LogP contribution in [-0.2, 0) is 38.1 Å². The molecule has 0 fully saturated rings. The van der Waals surface area contributed by atoms with Gasteiger partial charge in [-0.1, -0.05) is 59.6 Å². The molecule has 0 radical (unpaired) electrons. The number of hydrogen-bond acceptors (Lipinski definition) is 10. The molecule has 0 aromatic heterocycles. The molecular weight excluding hydrogens is 539 g/mol. The van der Waals surface area contributed by atoms with Crippen LogP contribution in [0.25, 0.3) is 0 Å². The molecule has 198 valence electrons. The fraction of sp³-hybridized carbons (Fsp3) is 0.231. The van der Waals surface area contributed by atoms with Crippen LogP contribution in [0.1, 0.15) is 23.2 Å². The minimum absolute atomic E-state index is 0.171. The number of benzene rings is 2. The molecule has 12 heteroatoms. The van der Waals surface area contributed by atoms with E-state index in [0.717, 1.165) is 28.4 Å². The Balaban J connectivity index is 2.18. The Labute approximate surface area is 227 Å². The summed E-state index contributed by atoms with van der Waals surface area (Å²) in [6.45, 7) is 0. The predicted octanol–water partition coefficient (Wildman–Crippen LogP) is 3.52. The maximum atomic E-state index is 13.3. The van der Waals surface area contributed by atoms with E-state index in [4.69, 9.17) is 42.1 Å². The number of rotatable bonds is 6. The number of nitrogens with zero attached hydrogens (tertiary/aromatic N) is 2. The summed E-state index contributed by atoms with van der Waals surface area (Å²) in [6, 6.07) is 10.7. The van der Waals surface area contributed by atoms with Gasteiger partial charge in [-0.25, -0.2) is 19.2 Å². The zero-order chi connectivity index (χ0) is 27.7. The average molecular weight is 561 g/mol. The van der Waals surface area contributed by atoms with Gasteiger partial charge in [-0.3, -0.25) is 10.0 Å². The van der Waals surface area contributed by atoms with Gasteiger partial charge in [0.2, 0.25) is 0 Å². The Morgan fingerprint density at radius 2 is 0.895 bits per heavy atom. The van der Waals surface area contributed by atoms with Crippen LogP contribution in [0.3, 0.4) is 0 Å². The van der Waals surface area contributed by atoms with E-state index in [1.165, 1.54) is 10.0 Å². The van der Waals surface area contributed by atoms with Gasteiger partial charge < -0.3 is 18.9 Å². The van der Waals surface area contributed by atoms with Gasteiger partial charge in [-0.05, 0) is 23.3 Å². The Morgan fingerprint density at radius 1 is 0.579 bits per heavy atom. The fourth-order valence-electron chi connectivity index (χ4n) is 4.68. The molecule has 2 aromatic rings. The van der Waals surface area contributed by atoms with Crippen molar-refractivity contribution in [3.05, 3.63) is 92.2 Å². The van der Waals surface area contributed by atoms with Crippen molar-refractivity contribution in [2.24, 2.45) is 0 Å². The summed E-state index contributed by atoms with van der Waals surface area (Å²) in [7, 11) is 4.56. The molecule has 0 saturated heterocycles. The van der Waals surface area contributed by atoms with E-state index in [1.54, 1.807) is 48.5 Å². The predicted molar refractivity (Wildman–Crippen MR) is 134 cm³/mol. The Morgan fingerprint density at radius 3 is 1.18 bits per heavy atom. The van der Waals surface area contributed by atoms with Crippen molar-refractivity contribution in [1.82, 2.24) is 10.0 Å². The number of carbonyl (C=O) groups excluding carboxylic acids is 4. The molecule has 2 aliphatic rings. The molecule has 2 aliphatic heterocycles. The number of esters is 4. The van der Waals surface area contributed by atoms with Gasteiger partial charge >= 0.3 is 23.9 Å². The highest BCUT2D eigenvalue weighted by Crippen LogP contribution is 2.56. The second kappa shape index (κ2) is 10.8. The smallest absolute Gasteiger partial charge is 0.356 e. The van der Waals surface area contributed by atoms with Crippen LogP contribution < -0.4 is 0 Å². The Hall–Kier alpha value is -4.02. The van der Waals surface area contributed by atoms with E-state index in [1.807, 2.05) is 0 Å². The maximum Gasteiger partial charge on any atom is 0.356 e. The van der Waals surface area contributed by atoms with Gasteiger partial charge in [0.25, 0.3) is 0 Å². The highest BCUT2D eigenvalue weighted by atomic mass is 35.5. The third kappa shape index (κ3) is 4.15. The third-order valence-electron chi connectivity index (χ3n) is 6.20. The molecule has 2 aromatic carbocycles. The Bertz CT molecular complexity index is 1300. The van der Waals surface area contributed by atoms with E-state index < -0.39 is 36.0 Å². The largest absolute Gasteiger partial charge is 0.466 e. The van der Waals surface area contributed by atoms with Crippen molar-refractivity contribution < 1.29 is 38.1 Å².